The van der Waals surface area contributed by atoms with Crippen LogP contribution in [0.25, 0.3) is 0 Å². The van der Waals surface area contributed by atoms with Crippen molar-refractivity contribution < 1.29 is 13.2 Å². The van der Waals surface area contributed by atoms with Crippen molar-refractivity contribution in [1.29, 1.82) is 0 Å². The van der Waals surface area contributed by atoms with E-state index in [1.54, 1.807) is 34.4 Å². The summed E-state index contributed by atoms with van der Waals surface area (Å²) in [6.45, 7) is 2.28. The van der Waals surface area contributed by atoms with Gasteiger partial charge in [0.15, 0.2) is 5.03 Å². The van der Waals surface area contributed by atoms with Gasteiger partial charge in [-0.2, -0.15) is 4.31 Å². The summed E-state index contributed by atoms with van der Waals surface area (Å²) in [7, 11) is -1.81. The van der Waals surface area contributed by atoms with E-state index >= 15 is 0 Å². The number of nitrogens with zero attached hydrogens (tertiary/aromatic N) is 5. The van der Waals surface area contributed by atoms with Crippen molar-refractivity contribution in [2.24, 2.45) is 12.5 Å². The lowest BCUT2D eigenvalue weighted by Gasteiger charge is -2.39. The number of imidazole rings is 1. The van der Waals surface area contributed by atoms with Gasteiger partial charge >= 0.3 is 0 Å². The van der Waals surface area contributed by atoms with Crippen molar-refractivity contribution >= 4 is 27.7 Å². The average molecular weight is 436 g/mol. The smallest absolute Gasteiger partial charge is 0.262 e. The molecule has 0 atom stereocenters. The molecule has 4 rings (SSSR count). The van der Waals surface area contributed by atoms with Crippen LogP contribution in [-0.2, 0) is 17.1 Å². The Morgan fingerprint density at radius 3 is 2.55 bits per heavy atom. The van der Waals surface area contributed by atoms with Gasteiger partial charge in [-0.3, -0.25) is 4.79 Å². The van der Waals surface area contributed by atoms with Crippen LogP contribution in [0.5, 0.6) is 0 Å². The van der Waals surface area contributed by atoms with Crippen LogP contribution in [-0.4, -0.2) is 70.5 Å². The quantitative estimate of drug-likeness (QED) is 0.681. The van der Waals surface area contributed by atoms with Crippen molar-refractivity contribution in [2.45, 2.75) is 29.3 Å². The van der Waals surface area contributed by atoms with Gasteiger partial charge in [-0.05, 0) is 43.1 Å². The monoisotopic (exact) mass is 435 g/mol. The summed E-state index contributed by atoms with van der Waals surface area (Å²) in [5, 5.41) is 0.845. The van der Waals surface area contributed by atoms with Crippen LogP contribution in [0, 0.1) is 5.41 Å². The average Bonchev–Trinajstić information content (AvgIpc) is 3.36. The molecule has 2 fully saturated rings. The van der Waals surface area contributed by atoms with Crippen LogP contribution in [0.4, 0.5) is 0 Å². The maximum absolute atomic E-state index is 12.9. The third-order valence-corrected chi connectivity index (χ3v) is 8.44. The number of sulfonamides is 1. The van der Waals surface area contributed by atoms with E-state index in [0.29, 0.717) is 31.7 Å². The first-order valence-electron chi connectivity index (χ1n) is 9.61. The van der Waals surface area contributed by atoms with Gasteiger partial charge in [-0.15, -0.1) is 11.8 Å². The Morgan fingerprint density at radius 2 is 1.90 bits per heavy atom. The summed E-state index contributed by atoms with van der Waals surface area (Å²) in [6, 6.07) is 3.61. The molecule has 0 N–H and O–H groups in total. The normalized spacial score (nSPS) is 19.7. The molecule has 1 spiro atoms. The molecule has 0 aliphatic carbocycles. The number of amides is 1. The minimum Gasteiger partial charge on any atom is -0.339 e. The van der Waals surface area contributed by atoms with Gasteiger partial charge < -0.3 is 9.47 Å². The number of hydrogen-bond acceptors (Lipinski definition) is 6. The second kappa shape index (κ2) is 7.73. The fourth-order valence-corrected chi connectivity index (χ4v) is 6.29. The van der Waals surface area contributed by atoms with E-state index in [-0.39, 0.29) is 16.3 Å². The Balaban J connectivity index is 1.43. The van der Waals surface area contributed by atoms with Crippen molar-refractivity contribution in [2.75, 3.05) is 32.4 Å². The summed E-state index contributed by atoms with van der Waals surface area (Å²) in [5.41, 5.74) is 0.581. The maximum atomic E-state index is 12.9. The van der Waals surface area contributed by atoms with Crippen LogP contribution >= 0.6 is 11.8 Å². The number of aromatic nitrogens is 3. The van der Waals surface area contributed by atoms with Crippen molar-refractivity contribution in [3.05, 3.63) is 36.4 Å². The molecule has 0 bridgehead atoms. The third kappa shape index (κ3) is 3.80. The van der Waals surface area contributed by atoms with Gasteiger partial charge in [0.2, 0.25) is 0 Å². The summed E-state index contributed by atoms with van der Waals surface area (Å²) in [5.74, 6) is 0.00765. The standard InChI is InChI=1S/C19H25N5O3S2/c1-22-12-16(21-14-22)29(26,27)24-11-7-19(13-24)5-9-23(10-6-19)18(25)15-4-3-8-20-17(15)28-2/h3-4,8,12,14H,5-7,9-11,13H2,1-2H3. The molecular formula is C19H25N5O3S2. The summed E-state index contributed by atoms with van der Waals surface area (Å²) in [4.78, 5) is 23.1. The second-order valence-corrected chi connectivity index (χ2v) is 10.5. The molecule has 29 heavy (non-hydrogen) atoms. The fourth-order valence-electron chi connectivity index (χ4n) is 4.23. The highest BCUT2D eigenvalue weighted by atomic mass is 32.2. The Kier molecular flexibility index (Phi) is 5.43. The van der Waals surface area contributed by atoms with E-state index in [1.807, 2.05) is 17.2 Å². The van der Waals surface area contributed by atoms with E-state index in [4.69, 9.17) is 0 Å². The molecule has 1 amide bonds. The first-order valence-corrected chi connectivity index (χ1v) is 12.3. The lowest BCUT2D eigenvalue weighted by atomic mass is 9.78. The zero-order chi connectivity index (χ0) is 20.6. The predicted octanol–water partition coefficient (Wildman–Crippen LogP) is 1.85. The molecule has 0 aromatic carbocycles. The SMILES string of the molecule is CSc1ncccc1C(=O)N1CCC2(CC1)CCN(S(=O)(=O)c1cn(C)cn1)C2. The highest BCUT2D eigenvalue weighted by molar-refractivity contribution is 7.98. The number of carbonyl (C=O) groups excluding carboxylic acids is 1. The lowest BCUT2D eigenvalue weighted by molar-refractivity contribution is 0.0595. The van der Waals surface area contributed by atoms with Gasteiger partial charge in [-0.1, -0.05) is 0 Å². The zero-order valence-electron chi connectivity index (χ0n) is 16.6. The highest BCUT2D eigenvalue weighted by Crippen LogP contribution is 2.42. The largest absolute Gasteiger partial charge is 0.339 e. The fraction of sp³-hybridized carbons (Fsp3) is 0.526. The highest BCUT2D eigenvalue weighted by Gasteiger charge is 2.45. The van der Waals surface area contributed by atoms with Crippen LogP contribution in [0.2, 0.25) is 0 Å². The summed E-state index contributed by atoms with van der Waals surface area (Å²) >= 11 is 1.47. The van der Waals surface area contributed by atoms with Gasteiger partial charge in [0, 0.05) is 45.6 Å². The van der Waals surface area contributed by atoms with Crippen molar-refractivity contribution in [1.82, 2.24) is 23.7 Å². The van der Waals surface area contributed by atoms with E-state index in [1.165, 1.54) is 18.1 Å². The zero-order valence-corrected chi connectivity index (χ0v) is 18.2. The minimum absolute atomic E-state index is 0.00765. The first-order chi connectivity index (χ1) is 13.8. The van der Waals surface area contributed by atoms with Crippen molar-refractivity contribution in [3.8, 4) is 0 Å². The van der Waals surface area contributed by atoms with E-state index in [2.05, 4.69) is 9.97 Å². The topological polar surface area (TPSA) is 88.4 Å². The molecule has 0 radical (unpaired) electrons. The summed E-state index contributed by atoms with van der Waals surface area (Å²) in [6.07, 6.45) is 9.10. The number of pyridine rings is 1. The Hall–Kier alpha value is -1.91. The molecule has 0 unspecified atom stereocenters. The maximum Gasteiger partial charge on any atom is 0.262 e. The number of carbonyl (C=O) groups is 1. The van der Waals surface area contributed by atoms with Crippen molar-refractivity contribution in [3.63, 3.8) is 0 Å². The molecular weight excluding hydrogens is 410 g/mol. The molecule has 2 aliphatic heterocycles. The molecule has 10 heteroatoms. The molecule has 2 saturated heterocycles. The number of likely N-dealkylation sites (tertiary alicyclic amines) is 1. The Morgan fingerprint density at radius 1 is 1.17 bits per heavy atom. The number of piperidine rings is 1. The predicted molar refractivity (Wildman–Crippen MR) is 110 cm³/mol. The number of aryl methyl sites for hydroxylation is 1. The molecule has 2 aromatic heterocycles. The lowest BCUT2D eigenvalue weighted by Crippen LogP contribution is -2.44. The third-order valence-electron chi connectivity index (χ3n) is 5.99. The van der Waals surface area contributed by atoms with Gasteiger partial charge in [-0.25, -0.2) is 18.4 Å². The van der Waals surface area contributed by atoms with E-state index < -0.39 is 10.0 Å². The second-order valence-electron chi connectivity index (χ2n) is 7.82. The van der Waals surface area contributed by atoms with Crippen LogP contribution in [0.15, 0.2) is 40.9 Å². The number of hydrogen-bond donors (Lipinski definition) is 0. The van der Waals surface area contributed by atoms with Gasteiger partial charge in [0.05, 0.1) is 11.9 Å². The van der Waals surface area contributed by atoms with E-state index in [9.17, 15) is 13.2 Å². The molecule has 8 nitrogen and oxygen atoms in total. The number of rotatable bonds is 4. The number of thioether (sulfide) groups is 1. The molecule has 156 valence electrons. The minimum atomic E-state index is -3.57. The first kappa shape index (κ1) is 20.4. The van der Waals surface area contributed by atoms with Gasteiger partial charge in [0.1, 0.15) is 5.03 Å². The Bertz CT molecular complexity index is 1010. The van der Waals surface area contributed by atoms with Gasteiger partial charge in [0.25, 0.3) is 15.9 Å². The van der Waals surface area contributed by atoms with Crippen LogP contribution < -0.4 is 0 Å². The molecule has 0 saturated carbocycles. The van der Waals surface area contributed by atoms with Crippen LogP contribution in [0.1, 0.15) is 29.6 Å². The molecule has 4 heterocycles. The Labute approximate surface area is 175 Å². The summed E-state index contributed by atoms with van der Waals surface area (Å²) < 4.78 is 29.0. The van der Waals surface area contributed by atoms with E-state index in [0.717, 1.165) is 24.3 Å². The van der Waals surface area contributed by atoms with Crippen LogP contribution in [0.3, 0.4) is 0 Å². The molecule has 2 aromatic rings. The molecule has 2 aliphatic rings.